The molecule has 0 bridgehead atoms. The molecule has 1 N–H and O–H groups in total. The fraction of sp³-hybridized carbons (Fsp3) is 0.538. The number of nitriles is 1. The van der Waals surface area contributed by atoms with Crippen LogP contribution in [-0.2, 0) is 0 Å². The van der Waals surface area contributed by atoms with Crippen LogP contribution < -0.4 is 5.32 Å². The summed E-state index contributed by atoms with van der Waals surface area (Å²) in [6.45, 7) is 4.80. The van der Waals surface area contributed by atoms with E-state index in [1.54, 1.807) is 0 Å². The fourth-order valence-corrected chi connectivity index (χ4v) is 3.34. The van der Waals surface area contributed by atoms with Crippen molar-refractivity contribution in [1.82, 2.24) is 4.98 Å². The monoisotopic (exact) mass is 247 g/mol. The van der Waals surface area contributed by atoms with Gasteiger partial charge in [0.15, 0.2) is 0 Å². The highest BCUT2D eigenvalue weighted by Gasteiger charge is 2.16. The molecule has 0 radical (unpaired) electrons. The first-order valence-corrected chi connectivity index (χ1v) is 6.99. The summed E-state index contributed by atoms with van der Waals surface area (Å²) in [4.78, 5) is 4.32. The Hall–Kier alpha value is -1.21. The maximum absolute atomic E-state index is 9.15. The van der Waals surface area contributed by atoms with Crippen LogP contribution in [0.1, 0.15) is 29.8 Å². The highest BCUT2D eigenvalue weighted by Crippen LogP contribution is 2.27. The van der Waals surface area contributed by atoms with Crippen molar-refractivity contribution in [2.24, 2.45) is 0 Å². The largest absolute Gasteiger partial charge is 0.383 e. The number of nitrogens with zero attached hydrogens (tertiary/aromatic N) is 2. The molecule has 1 atom stereocenters. The molecule has 4 heteroatoms. The Labute approximate surface area is 107 Å². The van der Waals surface area contributed by atoms with Crippen molar-refractivity contribution in [1.29, 1.82) is 5.26 Å². The van der Waals surface area contributed by atoms with E-state index in [4.69, 9.17) is 5.26 Å². The molecule has 90 valence electrons. The molecule has 2 heterocycles. The minimum atomic E-state index is 0.679. The zero-order valence-corrected chi connectivity index (χ0v) is 11.1. The van der Waals surface area contributed by atoms with Gasteiger partial charge in [-0.25, -0.2) is 0 Å². The number of pyridine rings is 1. The Morgan fingerprint density at radius 2 is 2.41 bits per heavy atom. The van der Waals surface area contributed by atoms with Crippen molar-refractivity contribution in [3.8, 4) is 6.07 Å². The topological polar surface area (TPSA) is 48.7 Å². The molecule has 1 aliphatic rings. The molecule has 1 aromatic rings. The van der Waals surface area contributed by atoms with Crippen molar-refractivity contribution >= 4 is 17.4 Å². The van der Waals surface area contributed by atoms with Crippen LogP contribution in [0.3, 0.4) is 0 Å². The lowest BCUT2D eigenvalue weighted by Crippen LogP contribution is -2.15. The first-order valence-electron chi connectivity index (χ1n) is 5.94. The summed E-state index contributed by atoms with van der Waals surface area (Å²) >= 11 is 2.02. The first-order chi connectivity index (χ1) is 8.20. The predicted octanol–water partition coefficient (Wildman–Crippen LogP) is 2.88. The van der Waals surface area contributed by atoms with Crippen LogP contribution in [0.5, 0.6) is 0 Å². The molecule has 0 aromatic carbocycles. The average Bonchev–Trinajstić information content (AvgIpc) is 2.78. The Kier molecular flexibility index (Phi) is 3.90. The van der Waals surface area contributed by atoms with Crippen LogP contribution in [0.4, 0.5) is 5.69 Å². The third kappa shape index (κ3) is 2.92. The van der Waals surface area contributed by atoms with Gasteiger partial charge in [0, 0.05) is 17.5 Å². The number of aromatic nitrogens is 1. The van der Waals surface area contributed by atoms with E-state index < -0.39 is 0 Å². The summed E-state index contributed by atoms with van der Waals surface area (Å²) in [5.41, 5.74) is 3.39. The Morgan fingerprint density at radius 1 is 1.59 bits per heavy atom. The Balaban J connectivity index is 2.11. The molecule has 17 heavy (non-hydrogen) atoms. The number of hydrogen-bond acceptors (Lipinski definition) is 4. The van der Waals surface area contributed by atoms with Gasteiger partial charge in [-0.3, -0.25) is 4.98 Å². The minimum absolute atomic E-state index is 0.679. The maximum Gasteiger partial charge on any atom is 0.103 e. The Morgan fingerprint density at radius 3 is 3.06 bits per heavy atom. The minimum Gasteiger partial charge on any atom is -0.383 e. The molecule has 0 aliphatic carbocycles. The van der Waals surface area contributed by atoms with E-state index in [9.17, 15) is 0 Å². The van der Waals surface area contributed by atoms with Crippen molar-refractivity contribution in [3.63, 3.8) is 0 Å². The van der Waals surface area contributed by atoms with E-state index in [2.05, 4.69) is 16.4 Å². The van der Waals surface area contributed by atoms with E-state index in [0.717, 1.165) is 23.6 Å². The molecular weight excluding hydrogens is 230 g/mol. The van der Waals surface area contributed by atoms with Crippen molar-refractivity contribution in [3.05, 3.63) is 23.0 Å². The maximum atomic E-state index is 9.15. The zero-order valence-electron chi connectivity index (χ0n) is 10.3. The summed E-state index contributed by atoms with van der Waals surface area (Å²) in [6.07, 6.45) is 2.60. The van der Waals surface area contributed by atoms with Gasteiger partial charge >= 0.3 is 0 Å². The van der Waals surface area contributed by atoms with Crippen LogP contribution in [0.2, 0.25) is 0 Å². The number of aryl methyl sites for hydroxylation is 2. The predicted molar refractivity (Wildman–Crippen MR) is 72.4 cm³/mol. The van der Waals surface area contributed by atoms with Gasteiger partial charge in [-0.15, -0.1) is 0 Å². The second-order valence-corrected chi connectivity index (χ2v) is 5.81. The van der Waals surface area contributed by atoms with Crippen LogP contribution in [0.15, 0.2) is 6.07 Å². The first kappa shape index (κ1) is 12.3. The summed E-state index contributed by atoms with van der Waals surface area (Å²) in [5, 5.41) is 13.2. The van der Waals surface area contributed by atoms with Crippen LogP contribution in [0.25, 0.3) is 0 Å². The van der Waals surface area contributed by atoms with Gasteiger partial charge in [-0.2, -0.15) is 17.0 Å². The smallest absolute Gasteiger partial charge is 0.103 e. The quantitative estimate of drug-likeness (QED) is 0.892. The fourth-order valence-electron chi connectivity index (χ4n) is 2.14. The molecular formula is C13H17N3S. The summed E-state index contributed by atoms with van der Waals surface area (Å²) in [7, 11) is 0. The zero-order chi connectivity index (χ0) is 12.3. The molecule has 3 nitrogen and oxygen atoms in total. The van der Waals surface area contributed by atoms with Crippen LogP contribution >= 0.6 is 11.8 Å². The van der Waals surface area contributed by atoms with Crippen LogP contribution in [-0.4, -0.2) is 22.5 Å². The lowest BCUT2D eigenvalue weighted by molar-refractivity contribution is 0.805. The van der Waals surface area contributed by atoms with Gasteiger partial charge in [-0.05, 0) is 38.5 Å². The molecule has 0 spiro atoms. The highest BCUT2D eigenvalue weighted by atomic mass is 32.2. The lowest BCUT2D eigenvalue weighted by Gasteiger charge is -2.14. The van der Waals surface area contributed by atoms with E-state index in [0.29, 0.717) is 10.8 Å². The van der Waals surface area contributed by atoms with Gasteiger partial charge in [0.1, 0.15) is 6.07 Å². The van der Waals surface area contributed by atoms with Crippen LogP contribution in [0, 0.1) is 25.2 Å². The third-order valence-corrected chi connectivity index (χ3v) is 4.38. The summed E-state index contributed by atoms with van der Waals surface area (Å²) in [5.74, 6) is 1.27. The van der Waals surface area contributed by atoms with E-state index >= 15 is 0 Å². The number of rotatable bonds is 3. The third-order valence-electron chi connectivity index (χ3n) is 2.98. The number of nitrogens with one attached hydrogen (secondary N) is 1. The Bertz CT molecular complexity index is 445. The second kappa shape index (κ2) is 5.42. The number of anilines is 1. The molecule has 1 saturated heterocycles. The second-order valence-electron chi connectivity index (χ2n) is 4.40. The molecule has 0 amide bonds. The van der Waals surface area contributed by atoms with Gasteiger partial charge < -0.3 is 5.32 Å². The van der Waals surface area contributed by atoms with E-state index in [1.165, 1.54) is 18.6 Å². The standard InChI is InChI=1S/C13H17N3S/c1-9-6-13(12(7-14)10(2)16-9)15-8-11-4-3-5-17-11/h6,11H,3-5,8H2,1-2H3,(H,15,16). The van der Waals surface area contributed by atoms with Gasteiger partial charge in [0.2, 0.25) is 0 Å². The molecule has 2 rings (SSSR count). The molecule has 1 unspecified atom stereocenters. The SMILES string of the molecule is Cc1cc(NCC2CCCS2)c(C#N)c(C)n1. The molecule has 0 saturated carbocycles. The van der Waals surface area contributed by atoms with Crippen molar-refractivity contribution in [2.45, 2.75) is 31.9 Å². The van der Waals surface area contributed by atoms with E-state index in [1.807, 2.05) is 31.7 Å². The van der Waals surface area contributed by atoms with Crippen molar-refractivity contribution < 1.29 is 0 Å². The normalized spacial score (nSPS) is 19.0. The van der Waals surface area contributed by atoms with E-state index in [-0.39, 0.29) is 0 Å². The highest BCUT2D eigenvalue weighted by molar-refractivity contribution is 8.00. The number of hydrogen-bond donors (Lipinski definition) is 1. The summed E-state index contributed by atoms with van der Waals surface area (Å²) in [6, 6.07) is 4.20. The molecule has 1 aromatic heterocycles. The van der Waals surface area contributed by atoms with Gasteiger partial charge in [0.25, 0.3) is 0 Å². The van der Waals surface area contributed by atoms with Crippen molar-refractivity contribution in [2.75, 3.05) is 17.6 Å². The molecule has 1 aliphatic heterocycles. The van der Waals surface area contributed by atoms with Gasteiger partial charge in [-0.1, -0.05) is 0 Å². The molecule has 1 fully saturated rings. The lowest BCUT2D eigenvalue weighted by atomic mass is 10.1. The summed E-state index contributed by atoms with van der Waals surface area (Å²) < 4.78 is 0. The average molecular weight is 247 g/mol. The number of thioether (sulfide) groups is 1. The van der Waals surface area contributed by atoms with Gasteiger partial charge in [0.05, 0.1) is 16.9 Å².